The van der Waals surface area contributed by atoms with Crippen molar-refractivity contribution in [1.29, 1.82) is 0 Å². The van der Waals surface area contributed by atoms with Crippen molar-refractivity contribution in [2.24, 2.45) is 0 Å². The molecule has 3 N–H and O–H groups in total. The molecule has 3 saturated heterocycles. The number of piperidine rings is 2. The number of fused-ring (bicyclic) bond motifs is 1. The van der Waals surface area contributed by atoms with Gasteiger partial charge in [0.25, 0.3) is 0 Å². The van der Waals surface area contributed by atoms with Crippen LogP contribution in [0.25, 0.3) is 11.0 Å². The SMILES string of the molecule is CCc1cc(Nc2ncc(Br)c(Nc3ccc4nccnc4c3P(C)(C)=O)n2)c(OC)cc1N1CCC(N2CCN(CCn3cc(C4CCC(=O)NC4=O)nn3)CC2)CC1. The Morgan fingerprint density at radius 3 is 2.47 bits per heavy atom. The number of imide groups is 1. The van der Waals surface area contributed by atoms with Gasteiger partial charge in [-0.05, 0) is 78.7 Å². The molecule has 0 spiro atoms. The lowest BCUT2D eigenvalue weighted by Gasteiger charge is -2.43. The highest BCUT2D eigenvalue weighted by Gasteiger charge is 2.31. The Bertz CT molecular complexity index is 2430. The molecule has 19 heteroatoms. The van der Waals surface area contributed by atoms with Crippen molar-refractivity contribution >= 4 is 80.1 Å². The van der Waals surface area contributed by atoms with Gasteiger partial charge >= 0.3 is 0 Å². The van der Waals surface area contributed by atoms with E-state index in [-0.39, 0.29) is 11.8 Å². The Kier molecular flexibility index (Phi) is 12.4. The van der Waals surface area contributed by atoms with E-state index in [9.17, 15) is 14.2 Å². The smallest absolute Gasteiger partial charge is 0.235 e. The zero-order valence-electron chi connectivity index (χ0n) is 34.4. The number of aryl methyl sites for hydroxylation is 1. The van der Waals surface area contributed by atoms with Crippen LogP contribution in [0.3, 0.4) is 0 Å². The monoisotopic (exact) mass is 899 g/mol. The predicted octanol–water partition coefficient (Wildman–Crippen LogP) is 4.89. The van der Waals surface area contributed by atoms with Crippen LogP contribution >= 0.6 is 23.1 Å². The summed E-state index contributed by atoms with van der Waals surface area (Å²) in [6.45, 7) is 13.2. The van der Waals surface area contributed by atoms with Crippen LogP contribution < -0.4 is 30.9 Å². The van der Waals surface area contributed by atoms with Gasteiger partial charge < -0.3 is 24.8 Å². The molecule has 0 radical (unpaired) electrons. The van der Waals surface area contributed by atoms with Crippen LogP contribution in [0.4, 0.5) is 28.8 Å². The third-order valence-corrected chi connectivity index (χ3v) is 13.8. The highest BCUT2D eigenvalue weighted by molar-refractivity contribution is 9.10. The summed E-state index contributed by atoms with van der Waals surface area (Å²) in [5, 5.41) is 18.3. The summed E-state index contributed by atoms with van der Waals surface area (Å²) in [7, 11) is -1.09. The molecule has 3 aliphatic rings. The molecule has 17 nitrogen and oxygen atoms in total. The number of carbonyl (C=O) groups excluding carboxylic acids is 2. The van der Waals surface area contributed by atoms with Crippen LogP contribution in [0.1, 0.15) is 49.8 Å². The number of carbonyl (C=O) groups is 2. The minimum Gasteiger partial charge on any atom is -0.494 e. The molecule has 60 heavy (non-hydrogen) atoms. The van der Waals surface area contributed by atoms with Crippen LogP contribution in [0.15, 0.2) is 53.5 Å². The number of nitrogens with zero attached hydrogens (tertiary/aromatic N) is 10. The van der Waals surface area contributed by atoms with Gasteiger partial charge in [-0.2, -0.15) is 4.98 Å². The molecule has 3 aliphatic heterocycles. The van der Waals surface area contributed by atoms with Crippen molar-refractivity contribution in [2.45, 2.75) is 57.5 Å². The van der Waals surface area contributed by atoms with Crippen molar-refractivity contribution in [3.63, 3.8) is 0 Å². The lowest BCUT2D eigenvalue weighted by molar-refractivity contribution is -0.134. The number of halogens is 1. The molecule has 0 saturated carbocycles. The van der Waals surface area contributed by atoms with Gasteiger partial charge in [0.15, 0.2) is 0 Å². The first kappa shape index (κ1) is 41.7. The van der Waals surface area contributed by atoms with E-state index in [0.29, 0.717) is 75.1 Å². The number of anilines is 5. The molecule has 8 rings (SSSR count). The van der Waals surface area contributed by atoms with Gasteiger partial charge in [-0.15, -0.1) is 5.10 Å². The molecular weight excluding hydrogens is 849 g/mol. The van der Waals surface area contributed by atoms with Crippen molar-refractivity contribution in [3.05, 3.63) is 64.8 Å². The number of rotatable bonds is 13. The number of nitrogens with one attached hydrogen (secondary N) is 3. The maximum atomic E-state index is 13.5. The average Bonchev–Trinajstić information content (AvgIpc) is 3.72. The summed E-state index contributed by atoms with van der Waals surface area (Å²) in [6.07, 6.45) is 10.6. The zero-order chi connectivity index (χ0) is 42.0. The maximum absolute atomic E-state index is 13.5. The van der Waals surface area contributed by atoms with E-state index >= 15 is 0 Å². The van der Waals surface area contributed by atoms with Crippen molar-refractivity contribution in [2.75, 3.05) is 81.8 Å². The van der Waals surface area contributed by atoms with Crippen LogP contribution in [0.5, 0.6) is 5.75 Å². The highest BCUT2D eigenvalue weighted by atomic mass is 79.9. The lowest BCUT2D eigenvalue weighted by Crippen LogP contribution is -2.53. The van der Waals surface area contributed by atoms with E-state index in [2.05, 4.69) is 90.9 Å². The second-order valence-electron chi connectivity index (χ2n) is 15.9. The van der Waals surface area contributed by atoms with Gasteiger partial charge in [0.1, 0.15) is 24.2 Å². The topological polar surface area (TPSA) is 189 Å². The number of amides is 2. The predicted molar refractivity (Wildman–Crippen MR) is 236 cm³/mol. The lowest BCUT2D eigenvalue weighted by atomic mass is 9.95. The first-order valence-electron chi connectivity index (χ1n) is 20.5. The van der Waals surface area contributed by atoms with E-state index in [1.807, 2.05) is 23.0 Å². The van der Waals surface area contributed by atoms with Gasteiger partial charge in [-0.3, -0.25) is 39.4 Å². The van der Waals surface area contributed by atoms with Crippen molar-refractivity contribution in [1.82, 2.24) is 50.0 Å². The van der Waals surface area contributed by atoms with Gasteiger partial charge in [0, 0.05) is 94.8 Å². The fourth-order valence-corrected chi connectivity index (χ4v) is 10.2. The normalized spacial score (nSPS) is 18.5. The Balaban J connectivity index is 0.869. The van der Waals surface area contributed by atoms with Crippen molar-refractivity contribution in [3.8, 4) is 5.75 Å². The van der Waals surface area contributed by atoms with E-state index in [4.69, 9.17) is 9.72 Å². The van der Waals surface area contributed by atoms with Crippen LogP contribution in [-0.4, -0.2) is 129 Å². The number of aromatic nitrogens is 7. The van der Waals surface area contributed by atoms with E-state index in [1.165, 1.54) is 11.3 Å². The Hall–Kier alpha value is -5.03. The third-order valence-electron chi connectivity index (χ3n) is 11.7. The summed E-state index contributed by atoms with van der Waals surface area (Å²) in [5.74, 6) is 0.665. The van der Waals surface area contributed by atoms with Gasteiger partial charge in [0.05, 0.1) is 51.9 Å². The van der Waals surface area contributed by atoms with E-state index in [0.717, 1.165) is 70.8 Å². The summed E-state index contributed by atoms with van der Waals surface area (Å²) in [6, 6.07) is 8.52. The van der Waals surface area contributed by atoms with Crippen LogP contribution in [-0.2, 0) is 27.1 Å². The van der Waals surface area contributed by atoms with Gasteiger partial charge in [-0.25, -0.2) is 4.98 Å². The summed E-state index contributed by atoms with van der Waals surface area (Å²) in [5.41, 5.74) is 5.71. The van der Waals surface area contributed by atoms with E-state index < -0.39 is 13.1 Å². The summed E-state index contributed by atoms with van der Waals surface area (Å²) < 4.78 is 21.9. The third kappa shape index (κ3) is 9.16. The molecule has 3 fully saturated rings. The maximum Gasteiger partial charge on any atom is 0.235 e. The Morgan fingerprint density at radius 2 is 1.73 bits per heavy atom. The molecule has 1 atom stereocenters. The standard InChI is InChI=1S/C41H51BrN13O4P/c1-5-26-22-32(47-41-45-24-29(42)39(49-41)46-31-8-7-30-37(44-13-12-43-30)38(31)60(3,4)58)35(59-2)23-34(26)54-14-10-27(11-15-54)53-19-16-52(17-20-53)18-21-55-25-33(50-51-55)28-6-9-36(56)48-40(28)57/h7-8,12-13,22-25,27-28H,5-6,9-11,14-21H2,1-4H3,(H,48,56,57)(H2,45,46,47,49). The molecule has 6 heterocycles. The summed E-state index contributed by atoms with van der Waals surface area (Å²) >= 11 is 3.59. The molecule has 1 unspecified atom stereocenters. The molecule has 2 aromatic carbocycles. The minimum absolute atomic E-state index is 0.226. The number of hydrogen-bond donors (Lipinski definition) is 3. The first-order valence-corrected chi connectivity index (χ1v) is 23.9. The highest BCUT2D eigenvalue weighted by Crippen LogP contribution is 2.42. The number of benzene rings is 2. The number of ether oxygens (including phenoxy) is 1. The van der Waals surface area contributed by atoms with Crippen LogP contribution in [0.2, 0.25) is 0 Å². The Labute approximate surface area is 357 Å². The molecule has 5 aromatic rings. The van der Waals surface area contributed by atoms with Crippen molar-refractivity contribution < 1.29 is 18.9 Å². The van der Waals surface area contributed by atoms with Gasteiger partial charge in [0.2, 0.25) is 17.8 Å². The zero-order valence-corrected chi connectivity index (χ0v) is 36.9. The second kappa shape index (κ2) is 17.9. The minimum atomic E-state index is -2.77. The van der Waals surface area contributed by atoms with Gasteiger partial charge in [-0.1, -0.05) is 12.1 Å². The largest absolute Gasteiger partial charge is 0.494 e. The fourth-order valence-electron chi connectivity index (χ4n) is 8.51. The molecule has 3 aromatic heterocycles. The first-order chi connectivity index (χ1) is 29.0. The number of hydrogen-bond acceptors (Lipinski definition) is 15. The molecule has 2 amide bonds. The molecule has 316 valence electrons. The summed E-state index contributed by atoms with van der Waals surface area (Å²) in [4.78, 5) is 49.7. The average molecular weight is 901 g/mol. The van der Waals surface area contributed by atoms with E-state index in [1.54, 1.807) is 39.0 Å². The Morgan fingerprint density at radius 1 is 0.950 bits per heavy atom. The second-order valence-corrected chi connectivity index (χ2v) is 19.9. The number of methoxy groups -OCH3 is 1. The fraction of sp³-hybridized carbons (Fsp3) is 0.463. The van der Waals surface area contributed by atoms with Crippen LogP contribution in [0, 0.1) is 0 Å². The number of piperazine rings is 1. The molecule has 0 aliphatic carbocycles. The molecule has 0 bridgehead atoms. The quantitative estimate of drug-likeness (QED) is 0.107. The molecular formula is C41H51BrN13O4P.